The van der Waals surface area contributed by atoms with E-state index in [2.05, 4.69) is 5.32 Å². The van der Waals surface area contributed by atoms with Crippen LogP contribution in [0.15, 0.2) is 36.4 Å². The zero-order chi connectivity index (χ0) is 21.3. The molecule has 2 aromatic rings. The fourth-order valence-electron chi connectivity index (χ4n) is 3.57. The third-order valence-corrected chi connectivity index (χ3v) is 5.15. The lowest BCUT2D eigenvalue weighted by atomic mass is 9.86. The largest absolute Gasteiger partial charge is 0.340 e. The Hall–Kier alpha value is -3.34. The molecule has 0 bridgehead atoms. The zero-order valence-corrected chi connectivity index (χ0v) is 15.8. The first kappa shape index (κ1) is 20.4. The predicted molar refractivity (Wildman–Crippen MR) is 98.0 cm³/mol. The summed E-state index contributed by atoms with van der Waals surface area (Å²) < 4.78 is 41.0. The van der Waals surface area contributed by atoms with Crippen LogP contribution in [0, 0.1) is 28.8 Å². The molecule has 1 fully saturated rings. The molecule has 2 atom stereocenters. The fraction of sp³-hybridized carbons (Fsp3) is 0.286. The number of rotatable bonds is 4. The molecule has 0 aliphatic carbocycles. The third kappa shape index (κ3) is 3.81. The molecule has 1 aliphatic heterocycles. The highest BCUT2D eigenvalue weighted by Gasteiger charge is 2.46. The van der Waals surface area contributed by atoms with Crippen LogP contribution in [0.3, 0.4) is 0 Å². The van der Waals surface area contributed by atoms with Crippen molar-refractivity contribution < 1.29 is 22.8 Å². The minimum absolute atomic E-state index is 0.0998. The average Bonchev–Trinajstić information content (AvgIpc) is 2.68. The number of nitrogens with zero attached hydrogens (tertiary/aromatic N) is 2. The van der Waals surface area contributed by atoms with Crippen LogP contribution in [0.1, 0.15) is 23.6 Å². The van der Waals surface area contributed by atoms with Crippen molar-refractivity contribution in [2.24, 2.45) is 0 Å². The van der Waals surface area contributed by atoms with Gasteiger partial charge in [0.1, 0.15) is 17.4 Å². The van der Waals surface area contributed by atoms with Crippen LogP contribution in [0.2, 0.25) is 0 Å². The van der Waals surface area contributed by atoms with Gasteiger partial charge in [-0.15, -0.1) is 0 Å². The Morgan fingerprint density at radius 1 is 1.14 bits per heavy atom. The van der Waals surface area contributed by atoms with Crippen molar-refractivity contribution in [1.29, 1.82) is 5.26 Å². The maximum Gasteiger partial charge on any atom is 0.248 e. The van der Waals surface area contributed by atoms with Gasteiger partial charge in [0.15, 0.2) is 11.6 Å². The molecule has 0 radical (unpaired) electrons. The van der Waals surface area contributed by atoms with Crippen LogP contribution in [0.25, 0.3) is 0 Å². The fourth-order valence-corrected chi connectivity index (χ4v) is 3.57. The lowest BCUT2D eigenvalue weighted by Crippen LogP contribution is -2.69. The van der Waals surface area contributed by atoms with Gasteiger partial charge in [-0.1, -0.05) is 12.1 Å². The Morgan fingerprint density at radius 3 is 2.41 bits per heavy atom. The molecule has 29 heavy (non-hydrogen) atoms. The topological polar surface area (TPSA) is 73.2 Å². The summed E-state index contributed by atoms with van der Waals surface area (Å²) >= 11 is 0. The number of carbonyl (C=O) groups excluding carboxylic acids is 2. The third-order valence-electron chi connectivity index (χ3n) is 5.15. The average molecular weight is 401 g/mol. The molecule has 1 heterocycles. The Labute approximate surface area is 165 Å². The monoisotopic (exact) mass is 401 g/mol. The number of nitrogens with one attached hydrogen (secondary N) is 1. The van der Waals surface area contributed by atoms with E-state index in [4.69, 9.17) is 5.26 Å². The number of likely N-dealkylation sites (N-methyl/N-ethyl adjacent to an activating group) is 1. The first-order valence-electron chi connectivity index (χ1n) is 8.87. The van der Waals surface area contributed by atoms with Crippen LogP contribution in [-0.4, -0.2) is 35.3 Å². The first-order valence-corrected chi connectivity index (χ1v) is 8.87. The Morgan fingerprint density at radius 2 is 1.79 bits per heavy atom. The van der Waals surface area contributed by atoms with Gasteiger partial charge in [-0.3, -0.25) is 9.59 Å². The number of benzene rings is 2. The van der Waals surface area contributed by atoms with E-state index in [1.165, 1.54) is 36.2 Å². The van der Waals surface area contributed by atoms with E-state index in [0.717, 1.165) is 12.1 Å². The number of amides is 2. The van der Waals surface area contributed by atoms with Gasteiger partial charge >= 0.3 is 0 Å². The van der Waals surface area contributed by atoms with Crippen LogP contribution in [0.5, 0.6) is 0 Å². The number of hydrogen-bond acceptors (Lipinski definition) is 3. The van der Waals surface area contributed by atoms with Crippen molar-refractivity contribution in [3.63, 3.8) is 0 Å². The maximum atomic E-state index is 14.2. The Bertz CT molecular complexity index is 1020. The maximum absolute atomic E-state index is 14.2. The molecule has 2 unspecified atom stereocenters. The normalized spacial score (nSPS) is 21.7. The summed E-state index contributed by atoms with van der Waals surface area (Å²) in [5.41, 5.74) is -0.984. The van der Waals surface area contributed by atoms with E-state index in [-0.39, 0.29) is 24.0 Å². The summed E-state index contributed by atoms with van der Waals surface area (Å²) in [7, 11) is 1.40. The summed E-state index contributed by atoms with van der Waals surface area (Å²) in [5, 5.41) is 11.8. The summed E-state index contributed by atoms with van der Waals surface area (Å²) in [6.45, 7) is 1.55. The second kappa shape index (κ2) is 7.59. The SMILES string of the molecule is CN1C(=O)C(C)(Cc2ccc(F)cc2)NC(=O)C1Cc1c(C#N)ccc(F)c1F. The minimum atomic E-state index is -1.28. The molecule has 8 heteroatoms. The van der Waals surface area contributed by atoms with Gasteiger partial charge in [0.25, 0.3) is 0 Å². The molecule has 2 aromatic carbocycles. The molecule has 2 amide bonds. The first-order chi connectivity index (χ1) is 13.7. The van der Waals surface area contributed by atoms with E-state index >= 15 is 0 Å². The zero-order valence-electron chi connectivity index (χ0n) is 15.8. The summed E-state index contributed by atoms with van der Waals surface area (Å²) in [5.74, 6) is -3.74. The highest BCUT2D eigenvalue weighted by Crippen LogP contribution is 2.26. The molecule has 1 aliphatic rings. The van der Waals surface area contributed by atoms with Crippen molar-refractivity contribution >= 4 is 11.8 Å². The second-order valence-corrected chi connectivity index (χ2v) is 7.26. The van der Waals surface area contributed by atoms with Crippen LogP contribution < -0.4 is 5.32 Å². The van der Waals surface area contributed by atoms with Gasteiger partial charge in [-0.2, -0.15) is 5.26 Å². The van der Waals surface area contributed by atoms with Gasteiger partial charge in [-0.25, -0.2) is 13.2 Å². The molecule has 1 saturated heterocycles. The van der Waals surface area contributed by atoms with Gasteiger partial charge in [0.2, 0.25) is 11.8 Å². The van der Waals surface area contributed by atoms with E-state index in [1.807, 2.05) is 0 Å². The highest BCUT2D eigenvalue weighted by atomic mass is 19.2. The van der Waals surface area contributed by atoms with Crippen LogP contribution in [-0.2, 0) is 22.4 Å². The molecule has 0 aromatic heterocycles. The van der Waals surface area contributed by atoms with Crippen molar-refractivity contribution in [2.75, 3.05) is 7.05 Å². The number of carbonyl (C=O) groups is 2. The summed E-state index contributed by atoms with van der Waals surface area (Å²) in [6, 6.07) is 8.21. The molecule has 3 rings (SSSR count). The molecule has 1 N–H and O–H groups in total. The van der Waals surface area contributed by atoms with Crippen LogP contribution >= 0.6 is 0 Å². The highest BCUT2D eigenvalue weighted by molar-refractivity contribution is 5.99. The predicted octanol–water partition coefficient (Wildman–Crippen LogP) is 2.48. The van der Waals surface area contributed by atoms with E-state index < -0.39 is 40.8 Å². The Kier molecular flexibility index (Phi) is 5.33. The summed E-state index contributed by atoms with van der Waals surface area (Å²) in [4.78, 5) is 26.9. The van der Waals surface area contributed by atoms with Gasteiger partial charge < -0.3 is 10.2 Å². The number of nitriles is 1. The molecular formula is C21H18F3N3O2. The molecule has 0 spiro atoms. The molecule has 150 valence electrons. The van der Waals surface area contributed by atoms with Gasteiger partial charge in [-0.05, 0) is 36.8 Å². The smallest absolute Gasteiger partial charge is 0.248 e. The molecule has 0 saturated carbocycles. The van der Waals surface area contributed by atoms with Crippen LogP contribution in [0.4, 0.5) is 13.2 Å². The molecule has 5 nitrogen and oxygen atoms in total. The summed E-state index contributed by atoms with van der Waals surface area (Å²) in [6.07, 6.45) is -0.208. The standard InChI is InChI=1S/C21H18F3N3O2/c1-21(10-12-3-6-14(22)7-4-12)20(29)27(2)17(19(28)26-21)9-15-13(11-25)5-8-16(23)18(15)24/h3-8,17H,9-10H2,1-2H3,(H,26,28). The number of hydrogen-bond donors (Lipinski definition) is 1. The van der Waals surface area contributed by atoms with Crippen molar-refractivity contribution in [2.45, 2.75) is 31.3 Å². The molecular weight excluding hydrogens is 383 g/mol. The lowest BCUT2D eigenvalue weighted by Gasteiger charge is -2.43. The van der Waals surface area contributed by atoms with E-state index in [0.29, 0.717) is 5.56 Å². The van der Waals surface area contributed by atoms with Gasteiger partial charge in [0, 0.05) is 25.5 Å². The van der Waals surface area contributed by atoms with E-state index in [1.54, 1.807) is 13.0 Å². The van der Waals surface area contributed by atoms with Crippen molar-refractivity contribution in [3.05, 3.63) is 70.5 Å². The van der Waals surface area contributed by atoms with Crippen molar-refractivity contribution in [1.82, 2.24) is 10.2 Å². The number of piperazine rings is 1. The Balaban J connectivity index is 1.87. The van der Waals surface area contributed by atoms with E-state index in [9.17, 15) is 22.8 Å². The quantitative estimate of drug-likeness (QED) is 0.856. The minimum Gasteiger partial charge on any atom is -0.340 e. The van der Waals surface area contributed by atoms with Crippen molar-refractivity contribution in [3.8, 4) is 6.07 Å². The lowest BCUT2D eigenvalue weighted by molar-refractivity contribution is -0.152. The van der Waals surface area contributed by atoms with Gasteiger partial charge in [0.05, 0.1) is 11.6 Å². The second-order valence-electron chi connectivity index (χ2n) is 7.26. The number of halogens is 3.